The van der Waals surface area contributed by atoms with Gasteiger partial charge in [0.25, 0.3) is 0 Å². The third-order valence-electron chi connectivity index (χ3n) is 2.93. The molecule has 18 heavy (non-hydrogen) atoms. The molecule has 1 aromatic carbocycles. The Morgan fingerprint density at radius 3 is 2.78 bits per heavy atom. The van der Waals surface area contributed by atoms with Crippen molar-refractivity contribution in [3.63, 3.8) is 0 Å². The average Bonchev–Trinajstić information content (AvgIpc) is 2.41. The summed E-state index contributed by atoms with van der Waals surface area (Å²) >= 11 is 0. The van der Waals surface area contributed by atoms with Gasteiger partial charge in [-0.3, -0.25) is 5.84 Å². The van der Waals surface area contributed by atoms with Crippen LogP contribution in [0.1, 0.15) is 18.4 Å². The van der Waals surface area contributed by atoms with Gasteiger partial charge in [-0.05, 0) is 43.0 Å². The molecule has 1 atom stereocenters. The molecule has 0 amide bonds. The highest BCUT2D eigenvalue weighted by atomic mass is 19.2. The molecule has 1 aliphatic rings. The first-order valence-corrected chi connectivity index (χ1v) is 5.93. The van der Waals surface area contributed by atoms with Gasteiger partial charge in [-0.25, -0.2) is 14.2 Å². The second-order valence-corrected chi connectivity index (χ2v) is 4.27. The standard InChI is InChI=1S/C13H16F2N2O/c14-10-5-4-9(7-11(10)15)8-12(17-16)13-3-1-2-6-18-13/h3-5,7,12,17H,1-2,6,8,16H2. The molecule has 1 unspecified atom stereocenters. The third kappa shape index (κ3) is 3.05. The minimum absolute atomic E-state index is 0.213. The molecule has 0 aromatic heterocycles. The van der Waals surface area contributed by atoms with Crippen molar-refractivity contribution in [3.05, 3.63) is 47.2 Å². The summed E-state index contributed by atoms with van der Waals surface area (Å²) in [6.07, 6.45) is 4.38. The van der Waals surface area contributed by atoms with E-state index in [1.165, 1.54) is 6.07 Å². The minimum Gasteiger partial charge on any atom is -0.497 e. The zero-order chi connectivity index (χ0) is 13.0. The molecule has 0 fully saturated rings. The fourth-order valence-corrected chi connectivity index (χ4v) is 1.96. The Morgan fingerprint density at radius 1 is 1.33 bits per heavy atom. The van der Waals surface area contributed by atoms with Crippen LogP contribution in [0.5, 0.6) is 0 Å². The summed E-state index contributed by atoms with van der Waals surface area (Å²) < 4.78 is 31.4. The predicted molar refractivity (Wildman–Crippen MR) is 64.4 cm³/mol. The van der Waals surface area contributed by atoms with E-state index in [9.17, 15) is 8.78 Å². The normalized spacial score (nSPS) is 16.9. The van der Waals surface area contributed by atoms with Crippen LogP contribution in [0.15, 0.2) is 30.0 Å². The topological polar surface area (TPSA) is 47.3 Å². The number of ether oxygens (including phenoxy) is 1. The Labute approximate surface area is 105 Å². The third-order valence-corrected chi connectivity index (χ3v) is 2.93. The maximum absolute atomic E-state index is 13.1. The van der Waals surface area contributed by atoms with Gasteiger partial charge in [0.15, 0.2) is 11.6 Å². The van der Waals surface area contributed by atoms with E-state index in [-0.39, 0.29) is 6.04 Å². The molecule has 3 N–H and O–H groups in total. The lowest BCUT2D eigenvalue weighted by Gasteiger charge is -2.23. The van der Waals surface area contributed by atoms with Crippen LogP contribution in [-0.2, 0) is 11.2 Å². The number of hydrogen-bond acceptors (Lipinski definition) is 3. The van der Waals surface area contributed by atoms with Crippen molar-refractivity contribution in [2.45, 2.75) is 25.3 Å². The van der Waals surface area contributed by atoms with Crippen LogP contribution in [0.4, 0.5) is 8.78 Å². The summed E-state index contributed by atoms with van der Waals surface area (Å²) in [7, 11) is 0. The van der Waals surface area contributed by atoms with Crippen molar-refractivity contribution in [1.29, 1.82) is 0 Å². The molecule has 5 heteroatoms. The van der Waals surface area contributed by atoms with Crippen molar-refractivity contribution < 1.29 is 13.5 Å². The first-order valence-electron chi connectivity index (χ1n) is 5.93. The Bertz CT molecular complexity index is 449. The molecule has 0 saturated carbocycles. The number of nitrogens with two attached hydrogens (primary N) is 1. The zero-order valence-electron chi connectivity index (χ0n) is 9.96. The van der Waals surface area contributed by atoms with E-state index in [4.69, 9.17) is 10.6 Å². The van der Waals surface area contributed by atoms with E-state index in [0.29, 0.717) is 18.6 Å². The molecule has 2 rings (SSSR count). The number of hydrazine groups is 1. The number of allylic oxidation sites excluding steroid dienone is 1. The van der Waals surface area contributed by atoms with Crippen LogP contribution >= 0.6 is 0 Å². The number of nitrogens with one attached hydrogen (secondary N) is 1. The average molecular weight is 254 g/mol. The highest BCUT2D eigenvalue weighted by molar-refractivity contribution is 5.21. The maximum atomic E-state index is 13.1. The highest BCUT2D eigenvalue weighted by Crippen LogP contribution is 2.18. The van der Waals surface area contributed by atoms with Gasteiger partial charge in [-0.2, -0.15) is 0 Å². The summed E-state index contributed by atoms with van der Waals surface area (Å²) in [5, 5.41) is 0. The first kappa shape index (κ1) is 13.0. The maximum Gasteiger partial charge on any atom is 0.159 e. The largest absolute Gasteiger partial charge is 0.497 e. The van der Waals surface area contributed by atoms with Crippen molar-refractivity contribution in [3.8, 4) is 0 Å². The molecule has 98 valence electrons. The Kier molecular flexibility index (Phi) is 4.28. The summed E-state index contributed by atoms with van der Waals surface area (Å²) in [5.41, 5.74) is 3.32. The minimum atomic E-state index is -0.846. The highest BCUT2D eigenvalue weighted by Gasteiger charge is 2.17. The van der Waals surface area contributed by atoms with Gasteiger partial charge in [-0.15, -0.1) is 0 Å². The first-order chi connectivity index (χ1) is 8.70. The van der Waals surface area contributed by atoms with Crippen molar-refractivity contribution in [1.82, 2.24) is 5.43 Å². The summed E-state index contributed by atoms with van der Waals surface area (Å²) in [6.45, 7) is 0.668. The van der Waals surface area contributed by atoms with Crippen molar-refractivity contribution in [2.24, 2.45) is 5.84 Å². The van der Waals surface area contributed by atoms with E-state index < -0.39 is 11.6 Å². The van der Waals surface area contributed by atoms with Gasteiger partial charge in [0.2, 0.25) is 0 Å². The quantitative estimate of drug-likeness (QED) is 0.638. The summed E-state index contributed by atoms with van der Waals surface area (Å²) in [4.78, 5) is 0. The van der Waals surface area contributed by atoms with Crippen molar-refractivity contribution >= 4 is 0 Å². The van der Waals surface area contributed by atoms with Crippen LogP contribution in [0, 0.1) is 11.6 Å². The Hall–Kier alpha value is -1.46. The van der Waals surface area contributed by atoms with Crippen LogP contribution in [0.2, 0.25) is 0 Å². The SMILES string of the molecule is NNC(Cc1ccc(F)c(F)c1)C1=CCCCO1. The van der Waals surface area contributed by atoms with Crippen LogP contribution in [0.3, 0.4) is 0 Å². The molecule has 3 nitrogen and oxygen atoms in total. The van der Waals surface area contributed by atoms with Gasteiger partial charge in [0, 0.05) is 0 Å². The number of rotatable bonds is 4. The van der Waals surface area contributed by atoms with E-state index >= 15 is 0 Å². The predicted octanol–water partition coefficient (Wildman–Crippen LogP) is 2.03. The smallest absolute Gasteiger partial charge is 0.159 e. The second-order valence-electron chi connectivity index (χ2n) is 4.27. The lowest BCUT2D eigenvalue weighted by Crippen LogP contribution is -2.39. The zero-order valence-corrected chi connectivity index (χ0v) is 9.96. The van der Waals surface area contributed by atoms with Gasteiger partial charge in [0.1, 0.15) is 5.76 Å². The number of benzene rings is 1. The lowest BCUT2D eigenvalue weighted by molar-refractivity contribution is 0.167. The molecular formula is C13H16F2N2O. The molecule has 0 spiro atoms. The van der Waals surface area contributed by atoms with E-state index in [0.717, 1.165) is 24.7 Å². The monoisotopic (exact) mass is 254 g/mol. The Balaban J connectivity index is 2.09. The van der Waals surface area contributed by atoms with Gasteiger partial charge in [0.05, 0.1) is 12.6 Å². The van der Waals surface area contributed by atoms with Gasteiger partial charge >= 0.3 is 0 Å². The fraction of sp³-hybridized carbons (Fsp3) is 0.385. The molecule has 0 aliphatic carbocycles. The summed E-state index contributed by atoms with van der Waals surface area (Å²) in [6, 6.07) is 3.64. The molecule has 0 bridgehead atoms. The van der Waals surface area contributed by atoms with Crippen LogP contribution < -0.4 is 11.3 Å². The van der Waals surface area contributed by atoms with Gasteiger partial charge < -0.3 is 4.74 Å². The van der Waals surface area contributed by atoms with E-state index in [1.54, 1.807) is 6.07 Å². The number of hydrogen-bond donors (Lipinski definition) is 2. The second kappa shape index (κ2) is 5.93. The lowest BCUT2D eigenvalue weighted by atomic mass is 10.0. The van der Waals surface area contributed by atoms with E-state index in [2.05, 4.69) is 5.43 Å². The molecule has 1 aromatic rings. The summed E-state index contributed by atoms with van der Waals surface area (Å²) in [5.74, 6) is 4.56. The molecular weight excluding hydrogens is 238 g/mol. The molecule has 1 aliphatic heterocycles. The van der Waals surface area contributed by atoms with Crippen LogP contribution in [-0.4, -0.2) is 12.6 Å². The molecule has 0 saturated heterocycles. The van der Waals surface area contributed by atoms with Gasteiger partial charge in [-0.1, -0.05) is 6.07 Å². The Morgan fingerprint density at radius 2 is 2.17 bits per heavy atom. The van der Waals surface area contributed by atoms with Crippen LogP contribution in [0.25, 0.3) is 0 Å². The van der Waals surface area contributed by atoms with Crippen molar-refractivity contribution in [2.75, 3.05) is 6.61 Å². The molecule has 0 radical (unpaired) electrons. The molecule has 1 heterocycles. The number of halogens is 2. The van der Waals surface area contributed by atoms with E-state index in [1.807, 2.05) is 6.08 Å². The fourth-order valence-electron chi connectivity index (χ4n) is 1.96.